The van der Waals surface area contributed by atoms with E-state index in [1.165, 1.54) is 19.2 Å². The number of rotatable bonds is 6. The van der Waals surface area contributed by atoms with Crippen LogP contribution in [0.5, 0.6) is 0 Å². The number of carbonyl (C=O) groups excluding carboxylic acids is 2. The Kier molecular flexibility index (Phi) is 5.15. The Labute approximate surface area is 129 Å². The molecule has 22 heavy (non-hydrogen) atoms. The van der Waals surface area contributed by atoms with Gasteiger partial charge >= 0.3 is 0 Å². The van der Waals surface area contributed by atoms with Crippen molar-refractivity contribution in [3.8, 4) is 0 Å². The maximum Gasteiger partial charge on any atom is 0.267 e. The number of nitrogens with one attached hydrogen (secondary N) is 1. The van der Waals surface area contributed by atoms with E-state index in [2.05, 4.69) is 5.32 Å². The van der Waals surface area contributed by atoms with Gasteiger partial charge in [-0.05, 0) is 18.6 Å². The normalized spacial score (nSPS) is 18.5. The number of amides is 2. The van der Waals surface area contributed by atoms with Crippen molar-refractivity contribution < 1.29 is 22.7 Å². The summed E-state index contributed by atoms with van der Waals surface area (Å²) in [6, 6.07) is 6.62. The molecule has 0 spiro atoms. The molecule has 1 fully saturated rings. The zero-order valence-electron chi connectivity index (χ0n) is 12.2. The summed E-state index contributed by atoms with van der Waals surface area (Å²) in [5, 5.41) is 2.58. The first-order chi connectivity index (χ1) is 10.5. The Hall–Kier alpha value is -1.93. The van der Waals surface area contributed by atoms with Crippen molar-refractivity contribution in [2.75, 3.05) is 20.3 Å². The molecule has 1 saturated heterocycles. The molecule has 1 aliphatic rings. The number of methoxy groups -OCH3 is 1. The highest BCUT2D eigenvalue weighted by atomic mass is 32.2. The van der Waals surface area contributed by atoms with E-state index in [4.69, 9.17) is 4.74 Å². The molecule has 0 radical (unpaired) electrons. The van der Waals surface area contributed by atoms with Gasteiger partial charge in [0.25, 0.3) is 10.0 Å². The summed E-state index contributed by atoms with van der Waals surface area (Å²) in [6.45, 7) is 0.580. The molecule has 0 bridgehead atoms. The lowest BCUT2D eigenvalue weighted by molar-refractivity contribution is -0.130. The van der Waals surface area contributed by atoms with E-state index < -0.39 is 27.9 Å². The molecule has 0 saturated carbocycles. The zero-order valence-corrected chi connectivity index (χ0v) is 13.0. The van der Waals surface area contributed by atoms with Crippen LogP contribution in [0, 0.1) is 0 Å². The minimum absolute atomic E-state index is 0.0000541. The van der Waals surface area contributed by atoms with Crippen LogP contribution >= 0.6 is 0 Å². The Morgan fingerprint density at radius 1 is 1.36 bits per heavy atom. The molecule has 1 aromatic carbocycles. The van der Waals surface area contributed by atoms with Gasteiger partial charge in [-0.1, -0.05) is 18.2 Å². The lowest BCUT2D eigenvalue weighted by Crippen LogP contribution is -2.48. The lowest BCUT2D eigenvalue weighted by Gasteiger charge is -2.23. The number of nitrogens with zero attached hydrogens (tertiary/aromatic N) is 1. The summed E-state index contributed by atoms with van der Waals surface area (Å²) in [5.41, 5.74) is 0. The highest BCUT2D eigenvalue weighted by molar-refractivity contribution is 7.89. The molecule has 7 nitrogen and oxygen atoms in total. The molecule has 120 valence electrons. The van der Waals surface area contributed by atoms with Crippen LogP contribution in [-0.4, -0.2) is 50.8 Å². The van der Waals surface area contributed by atoms with Gasteiger partial charge in [0.15, 0.2) is 0 Å². The minimum Gasteiger partial charge on any atom is -0.383 e. The van der Waals surface area contributed by atoms with Crippen LogP contribution < -0.4 is 5.32 Å². The quantitative estimate of drug-likeness (QED) is 0.750. The third-order valence-electron chi connectivity index (χ3n) is 3.37. The number of hydrogen-bond acceptors (Lipinski definition) is 5. The van der Waals surface area contributed by atoms with Crippen LogP contribution in [0.25, 0.3) is 0 Å². The second kappa shape index (κ2) is 6.89. The van der Waals surface area contributed by atoms with E-state index in [9.17, 15) is 18.0 Å². The number of ether oxygens (including phenoxy) is 1. The molecule has 1 heterocycles. The third kappa shape index (κ3) is 3.28. The minimum atomic E-state index is -4.02. The van der Waals surface area contributed by atoms with E-state index in [-0.39, 0.29) is 24.3 Å². The van der Waals surface area contributed by atoms with Crippen molar-refractivity contribution >= 4 is 21.8 Å². The Bertz CT molecular complexity index is 644. The van der Waals surface area contributed by atoms with Gasteiger partial charge in [0.1, 0.15) is 6.04 Å². The van der Waals surface area contributed by atoms with E-state index in [1.54, 1.807) is 18.2 Å². The van der Waals surface area contributed by atoms with Gasteiger partial charge in [0.2, 0.25) is 11.8 Å². The molecular weight excluding hydrogens is 308 g/mol. The molecule has 8 heteroatoms. The first-order valence-electron chi connectivity index (χ1n) is 6.87. The van der Waals surface area contributed by atoms with Crippen LogP contribution in [0.3, 0.4) is 0 Å². The van der Waals surface area contributed by atoms with Crippen molar-refractivity contribution in [1.29, 1.82) is 0 Å². The molecule has 1 N–H and O–H groups in total. The van der Waals surface area contributed by atoms with Crippen molar-refractivity contribution in [3.05, 3.63) is 30.3 Å². The average molecular weight is 326 g/mol. The standard InChI is InChI=1S/C14H18N2O5S/c1-21-10-9-15-14(18)12-7-8-13(17)16(12)22(19,20)11-5-3-2-4-6-11/h2-6,12H,7-10H2,1H3,(H,15,18). The summed E-state index contributed by atoms with van der Waals surface area (Å²) in [7, 11) is -2.52. The third-order valence-corrected chi connectivity index (χ3v) is 5.21. The van der Waals surface area contributed by atoms with Crippen LogP contribution in [0.2, 0.25) is 0 Å². The van der Waals surface area contributed by atoms with Crippen LogP contribution in [0.1, 0.15) is 12.8 Å². The largest absolute Gasteiger partial charge is 0.383 e. The second-order valence-corrected chi connectivity index (χ2v) is 6.66. The van der Waals surface area contributed by atoms with Crippen LogP contribution in [0.15, 0.2) is 35.2 Å². The number of hydrogen-bond donors (Lipinski definition) is 1. The lowest BCUT2D eigenvalue weighted by atomic mass is 10.2. The van der Waals surface area contributed by atoms with E-state index in [0.717, 1.165) is 0 Å². The summed E-state index contributed by atoms with van der Waals surface area (Å²) in [5.74, 6) is -1.04. The van der Waals surface area contributed by atoms with Gasteiger partial charge in [-0.15, -0.1) is 0 Å². The van der Waals surface area contributed by atoms with Gasteiger partial charge in [0, 0.05) is 20.1 Å². The maximum absolute atomic E-state index is 12.6. The first kappa shape index (κ1) is 16.4. The molecule has 2 amide bonds. The highest BCUT2D eigenvalue weighted by Crippen LogP contribution is 2.27. The highest BCUT2D eigenvalue weighted by Gasteiger charge is 2.43. The maximum atomic E-state index is 12.6. The molecule has 1 atom stereocenters. The van der Waals surface area contributed by atoms with Crippen molar-refractivity contribution in [3.63, 3.8) is 0 Å². The summed E-state index contributed by atoms with van der Waals surface area (Å²) in [4.78, 5) is 24.1. The molecule has 0 aromatic heterocycles. The topological polar surface area (TPSA) is 92.8 Å². The summed E-state index contributed by atoms with van der Waals surface area (Å²) in [6.07, 6.45) is 0.220. The fourth-order valence-electron chi connectivity index (χ4n) is 2.30. The smallest absolute Gasteiger partial charge is 0.267 e. The predicted molar refractivity (Wildman–Crippen MR) is 78.4 cm³/mol. The average Bonchev–Trinajstić information content (AvgIpc) is 2.91. The van der Waals surface area contributed by atoms with E-state index in [1.807, 2.05) is 0 Å². The summed E-state index contributed by atoms with van der Waals surface area (Å²) < 4.78 is 30.7. The van der Waals surface area contributed by atoms with Gasteiger partial charge in [-0.25, -0.2) is 12.7 Å². The number of sulfonamides is 1. The van der Waals surface area contributed by atoms with E-state index in [0.29, 0.717) is 10.9 Å². The van der Waals surface area contributed by atoms with Crippen LogP contribution in [-0.2, 0) is 24.3 Å². The molecule has 1 aliphatic heterocycles. The van der Waals surface area contributed by atoms with Gasteiger partial charge in [0.05, 0.1) is 11.5 Å². The molecule has 2 rings (SSSR count). The zero-order chi connectivity index (χ0) is 16.2. The van der Waals surface area contributed by atoms with Crippen molar-refractivity contribution in [2.45, 2.75) is 23.8 Å². The summed E-state index contributed by atoms with van der Waals surface area (Å²) >= 11 is 0. The van der Waals surface area contributed by atoms with Gasteiger partial charge in [-0.3, -0.25) is 9.59 Å². The molecule has 1 unspecified atom stereocenters. The SMILES string of the molecule is COCCNC(=O)C1CCC(=O)N1S(=O)(=O)c1ccccc1. The monoisotopic (exact) mass is 326 g/mol. The molecular formula is C14H18N2O5S. The second-order valence-electron chi connectivity index (χ2n) is 4.85. The Balaban J connectivity index is 2.23. The van der Waals surface area contributed by atoms with Crippen molar-refractivity contribution in [1.82, 2.24) is 9.62 Å². The van der Waals surface area contributed by atoms with Gasteiger partial charge in [-0.2, -0.15) is 0 Å². The number of benzene rings is 1. The van der Waals surface area contributed by atoms with E-state index >= 15 is 0 Å². The molecule has 1 aromatic rings. The van der Waals surface area contributed by atoms with Crippen molar-refractivity contribution in [2.24, 2.45) is 0 Å². The molecule has 0 aliphatic carbocycles. The van der Waals surface area contributed by atoms with Crippen LogP contribution in [0.4, 0.5) is 0 Å². The fraction of sp³-hybridized carbons (Fsp3) is 0.429. The predicted octanol–water partition coefficient (Wildman–Crippen LogP) is 0.129. The number of carbonyl (C=O) groups is 2. The fourth-order valence-corrected chi connectivity index (χ4v) is 3.92. The van der Waals surface area contributed by atoms with Gasteiger partial charge < -0.3 is 10.1 Å². The Morgan fingerprint density at radius 2 is 2.05 bits per heavy atom. The first-order valence-corrected chi connectivity index (χ1v) is 8.31. The Morgan fingerprint density at radius 3 is 2.68 bits per heavy atom.